The molecule has 0 aliphatic rings. The smallest absolute Gasteiger partial charge is 0.338 e. The van der Waals surface area contributed by atoms with Crippen LogP contribution in [0.3, 0.4) is 0 Å². The summed E-state index contributed by atoms with van der Waals surface area (Å²) in [4.78, 5) is 20.2. The van der Waals surface area contributed by atoms with Gasteiger partial charge in [0.1, 0.15) is 0 Å². The topological polar surface area (TPSA) is 84.2 Å². The van der Waals surface area contributed by atoms with E-state index in [9.17, 15) is 18.0 Å². The predicted octanol–water partition coefficient (Wildman–Crippen LogP) is 5.71. The molecule has 7 nitrogen and oxygen atoms in total. The zero-order valence-corrected chi connectivity index (χ0v) is 18.6. The average molecular weight is 468 g/mol. The van der Waals surface area contributed by atoms with Crippen LogP contribution in [0.2, 0.25) is 0 Å². The van der Waals surface area contributed by atoms with Crippen molar-refractivity contribution in [2.75, 3.05) is 11.9 Å². The summed E-state index contributed by atoms with van der Waals surface area (Å²) in [5, 5.41) is 9.99. The fourth-order valence-electron chi connectivity index (χ4n) is 3.46. The maximum absolute atomic E-state index is 13.4. The fourth-order valence-corrected chi connectivity index (χ4v) is 3.46. The monoisotopic (exact) mass is 468 g/mol. The number of nitrogens with zero attached hydrogens (tertiary/aromatic N) is 4. The van der Waals surface area contributed by atoms with Gasteiger partial charge in [-0.05, 0) is 49.2 Å². The molecule has 4 rings (SSSR count). The summed E-state index contributed by atoms with van der Waals surface area (Å²) in [6.45, 7) is 4.52. The van der Waals surface area contributed by atoms with E-state index in [-0.39, 0.29) is 17.3 Å². The molecule has 0 spiro atoms. The third-order valence-corrected chi connectivity index (χ3v) is 5.27. The van der Waals surface area contributed by atoms with Gasteiger partial charge >= 0.3 is 12.2 Å². The van der Waals surface area contributed by atoms with E-state index >= 15 is 0 Å². The molecule has 0 unspecified atom stereocenters. The highest BCUT2D eigenvalue weighted by atomic mass is 19.4. The molecule has 0 bridgehead atoms. The standard InChI is InChI=1S/C24H23F3N6O/c1-3-4-11-29-23(34)31-19-13-16(8-7-15(19)2)20-14-33-21(30-20)10-9-18(32-33)17-6-5-12-28-22(17)24(25,26)27/h5-10,12-14H,3-4,11H2,1-2H3,(H2,29,31,34). The van der Waals surface area contributed by atoms with E-state index < -0.39 is 11.9 Å². The molecule has 2 N–H and O–H groups in total. The molecule has 1 aromatic carbocycles. The first-order valence-electron chi connectivity index (χ1n) is 10.8. The molecule has 0 atom stereocenters. The number of aromatic nitrogens is 4. The number of carbonyl (C=O) groups excluding carboxylic acids is 1. The fraction of sp³-hybridized carbons (Fsp3) is 0.250. The van der Waals surface area contributed by atoms with Crippen LogP contribution in [-0.4, -0.2) is 32.2 Å². The number of urea groups is 1. The summed E-state index contributed by atoms with van der Waals surface area (Å²) in [6, 6.07) is 11.1. The Bertz CT molecular complexity index is 1330. The quantitative estimate of drug-likeness (QED) is 0.355. The summed E-state index contributed by atoms with van der Waals surface area (Å²) in [5.41, 5.74) is 2.34. The van der Waals surface area contributed by atoms with Gasteiger partial charge in [-0.15, -0.1) is 0 Å². The molecule has 0 fully saturated rings. The summed E-state index contributed by atoms with van der Waals surface area (Å²) in [6.07, 6.45) is 0.0237. The van der Waals surface area contributed by atoms with Crippen molar-refractivity contribution in [2.24, 2.45) is 0 Å². The van der Waals surface area contributed by atoms with Gasteiger partial charge in [0.05, 0.1) is 17.6 Å². The van der Waals surface area contributed by atoms with E-state index in [0.29, 0.717) is 23.6 Å². The molecule has 0 aliphatic carbocycles. The van der Waals surface area contributed by atoms with Crippen molar-refractivity contribution in [3.63, 3.8) is 0 Å². The van der Waals surface area contributed by atoms with Crippen LogP contribution in [0.5, 0.6) is 0 Å². The third kappa shape index (κ3) is 5.00. The van der Waals surface area contributed by atoms with Crippen molar-refractivity contribution >= 4 is 17.4 Å². The number of alkyl halides is 3. The van der Waals surface area contributed by atoms with Crippen LogP contribution in [0.1, 0.15) is 31.0 Å². The van der Waals surface area contributed by atoms with Gasteiger partial charge in [-0.25, -0.2) is 14.3 Å². The summed E-state index contributed by atoms with van der Waals surface area (Å²) < 4.78 is 41.6. The van der Waals surface area contributed by atoms with Crippen molar-refractivity contribution in [3.05, 3.63) is 66.1 Å². The number of rotatable bonds is 6. The van der Waals surface area contributed by atoms with Crippen molar-refractivity contribution in [3.8, 4) is 22.5 Å². The molecule has 3 aromatic heterocycles. The van der Waals surface area contributed by atoms with E-state index in [1.165, 1.54) is 22.7 Å². The van der Waals surface area contributed by atoms with Crippen LogP contribution in [0, 0.1) is 6.92 Å². The Morgan fingerprint density at radius 2 is 1.94 bits per heavy atom. The highest BCUT2D eigenvalue weighted by Crippen LogP contribution is 2.34. The number of imidazole rings is 1. The van der Waals surface area contributed by atoms with Gasteiger partial charge in [0.25, 0.3) is 0 Å². The Morgan fingerprint density at radius 3 is 2.71 bits per heavy atom. The molecule has 0 saturated heterocycles. The molecule has 10 heteroatoms. The molecule has 0 aliphatic heterocycles. The van der Waals surface area contributed by atoms with Gasteiger partial charge < -0.3 is 10.6 Å². The zero-order valence-electron chi connectivity index (χ0n) is 18.6. The number of hydrogen-bond acceptors (Lipinski definition) is 4. The van der Waals surface area contributed by atoms with Gasteiger partial charge in [-0.1, -0.05) is 25.5 Å². The Labute approximate surface area is 194 Å². The van der Waals surface area contributed by atoms with Crippen LogP contribution >= 0.6 is 0 Å². The van der Waals surface area contributed by atoms with E-state index in [1.807, 2.05) is 26.0 Å². The molecule has 176 valence electrons. The predicted molar refractivity (Wildman–Crippen MR) is 123 cm³/mol. The summed E-state index contributed by atoms with van der Waals surface area (Å²) in [5.74, 6) is 0. The number of amides is 2. The van der Waals surface area contributed by atoms with Crippen LogP contribution in [0.25, 0.3) is 28.2 Å². The van der Waals surface area contributed by atoms with E-state index in [2.05, 4.69) is 25.7 Å². The first-order chi connectivity index (χ1) is 16.3. The number of unbranched alkanes of at least 4 members (excludes halogenated alkanes) is 1. The lowest BCUT2D eigenvalue weighted by atomic mass is 10.1. The lowest BCUT2D eigenvalue weighted by molar-refractivity contribution is -0.140. The third-order valence-electron chi connectivity index (χ3n) is 5.27. The molecule has 34 heavy (non-hydrogen) atoms. The Kier molecular flexibility index (Phi) is 6.49. The number of carbonyl (C=O) groups is 1. The van der Waals surface area contributed by atoms with E-state index in [4.69, 9.17) is 0 Å². The van der Waals surface area contributed by atoms with E-state index in [0.717, 1.165) is 30.2 Å². The van der Waals surface area contributed by atoms with Gasteiger partial charge in [-0.3, -0.25) is 4.98 Å². The first kappa shape index (κ1) is 23.2. The number of halogens is 3. The van der Waals surface area contributed by atoms with Gasteiger partial charge in [-0.2, -0.15) is 18.3 Å². The molecule has 0 radical (unpaired) electrons. The molecule has 3 heterocycles. The largest absolute Gasteiger partial charge is 0.434 e. The number of aryl methyl sites for hydroxylation is 1. The number of pyridine rings is 1. The second kappa shape index (κ2) is 9.50. The molecule has 0 saturated carbocycles. The highest BCUT2D eigenvalue weighted by Gasteiger charge is 2.35. The second-order valence-electron chi connectivity index (χ2n) is 7.81. The van der Waals surface area contributed by atoms with Crippen molar-refractivity contribution in [2.45, 2.75) is 32.9 Å². The van der Waals surface area contributed by atoms with Crippen molar-refractivity contribution in [1.29, 1.82) is 0 Å². The maximum atomic E-state index is 13.4. The molecular weight excluding hydrogens is 445 g/mol. The number of fused-ring (bicyclic) bond motifs is 1. The van der Waals surface area contributed by atoms with Crippen LogP contribution in [-0.2, 0) is 6.18 Å². The molecular formula is C24H23F3N6O. The Morgan fingerprint density at radius 1 is 1.12 bits per heavy atom. The number of nitrogens with one attached hydrogen (secondary N) is 2. The maximum Gasteiger partial charge on any atom is 0.434 e. The van der Waals surface area contributed by atoms with Gasteiger partial charge in [0.15, 0.2) is 11.3 Å². The Balaban J connectivity index is 1.64. The SMILES string of the molecule is CCCCNC(=O)Nc1cc(-c2cn3nc(-c4cccnc4C(F)(F)F)ccc3n2)ccc1C. The zero-order chi connectivity index (χ0) is 24.3. The minimum absolute atomic E-state index is 0.108. The van der Waals surface area contributed by atoms with Crippen molar-refractivity contribution < 1.29 is 18.0 Å². The number of benzene rings is 1. The van der Waals surface area contributed by atoms with Crippen molar-refractivity contribution in [1.82, 2.24) is 24.9 Å². The van der Waals surface area contributed by atoms with Crippen LogP contribution in [0.15, 0.2) is 54.9 Å². The van der Waals surface area contributed by atoms with E-state index in [1.54, 1.807) is 18.3 Å². The molecule has 4 aromatic rings. The molecule has 2 amide bonds. The lowest BCUT2D eigenvalue weighted by Crippen LogP contribution is -2.29. The first-order valence-corrected chi connectivity index (χ1v) is 10.8. The summed E-state index contributed by atoms with van der Waals surface area (Å²) in [7, 11) is 0. The summed E-state index contributed by atoms with van der Waals surface area (Å²) >= 11 is 0. The van der Waals surface area contributed by atoms with Crippen LogP contribution < -0.4 is 10.6 Å². The minimum atomic E-state index is -4.60. The van der Waals surface area contributed by atoms with Gasteiger partial charge in [0.2, 0.25) is 0 Å². The minimum Gasteiger partial charge on any atom is -0.338 e. The van der Waals surface area contributed by atoms with Gasteiger partial charge in [0, 0.05) is 29.6 Å². The number of hydrogen-bond donors (Lipinski definition) is 2. The second-order valence-corrected chi connectivity index (χ2v) is 7.81. The normalized spacial score (nSPS) is 11.6. The number of anilines is 1. The van der Waals surface area contributed by atoms with Crippen LogP contribution in [0.4, 0.5) is 23.7 Å². The Hall–Kier alpha value is -3.95. The average Bonchev–Trinajstić information content (AvgIpc) is 3.23. The lowest BCUT2D eigenvalue weighted by Gasteiger charge is -2.11. The highest BCUT2D eigenvalue weighted by molar-refractivity contribution is 5.91.